The van der Waals surface area contributed by atoms with Crippen molar-refractivity contribution in [3.63, 3.8) is 0 Å². The summed E-state index contributed by atoms with van der Waals surface area (Å²) in [6.07, 6.45) is 1.79. The summed E-state index contributed by atoms with van der Waals surface area (Å²) in [6, 6.07) is 15.5. The highest BCUT2D eigenvalue weighted by atomic mass is 35.5. The van der Waals surface area contributed by atoms with E-state index in [1.165, 1.54) is 0 Å². The topological polar surface area (TPSA) is 34.5 Å². The van der Waals surface area contributed by atoms with Gasteiger partial charge in [-0.25, -0.2) is 4.99 Å². The number of fused-ring (bicyclic) bond motifs is 3. The summed E-state index contributed by atoms with van der Waals surface area (Å²) < 4.78 is 5.77. The molecule has 0 fully saturated rings. The van der Waals surface area contributed by atoms with E-state index in [1.54, 1.807) is 6.20 Å². The van der Waals surface area contributed by atoms with Gasteiger partial charge in [-0.15, -0.1) is 0 Å². The van der Waals surface area contributed by atoms with Gasteiger partial charge in [0.2, 0.25) is 5.90 Å². The molecule has 0 radical (unpaired) electrons. The summed E-state index contributed by atoms with van der Waals surface area (Å²) in [5, 5.41) is 1.75. The van der Waals surface area contributed by atoms with Gasteiger partial charge in [0.1, 0.15) is 6.61 Å². The molecule has 0 aliphatic carbocycles. The Morgan fingerprint density at radius 1 is 1.00 bits per heavy atom. The van der Waals surface area contributed by atoms with Gasteiger partial charge in [0, 0.05) is 27.7 Å². The molecule has 0 saturated carbocycles. The lowest BCUT2D eigenvalue weighted by Crippen LogP contribution is -2.11. The van der Waals surface area contributed by atoms with Crippen molar-refractivity contribution in [2.45, 2.75) is 6.61 Å². The average molecular weight is 295 g/mol. The first-order chi connectivity index (χ1) is 10.3. The van der Waals surface area contributed by atoms with Crippen LogP contribution in [0.2, 0.25) is 5.02 Å². The minimum atomic E-state index is 0.516. The smallest absolute Gasteiger partial charge is 0.221 e. The summed E-state index contributed by atoms with van der Waals surface area (Å²) in [5.74, 6) is 0.621. The van der Waals surface area contributed by atoms with Crippen molar-refractivity contribution >= 4 is 34.1 Å². The van der Waals surface area contributed by atoms with Gasteiger partial charge in [-0.3, -0.25) is 4.98 Å². The number of hydrogen-bond acceptors (Lipinski definition) is 3. The van der Waals surface area contributed by atoms with Gasteiger partial charge in [-0.05, 0) is 42.5 Å². The number of nitrogens with zero attached hydrogens (tertiary/aromatic N) is 2. The Labute approximate surface area is 126 Å². The summed E-state index contributed by atoms with van der Waals surface area (Å²) in [4.78, 5) is 9.06. The van der Waals surface area contributed by atoms with Crippen molar-refractivity contribution in [2.75, 3.05) is 0 Å². The van der Waals surface area contributed by atoms with Crippen molar-refractivity contribution < 1.29 is 4.74 Å². The molecule has 3 aromatic rings. The Hall–Kier alpha value is -2.39. The molecule has 3 nitrogen and oxygen atoms in total. The highest BCUT2D eigenvalue weighted by Gasteiger charge is 2.17. The summed E-state index contributed by atoms with van der Waals surface area (Å²) in [5.41, 5.74) is 3.88. The summed E-state index contributed by atoms with van der Waals surface area (Å²) >= 11 is 5.92. The van der Waals surface area contributed by atoms with Crippen molar-refractivity contribution in [3.8, 4) is 0 Å². The lowest BCUT2D eigenvalue weighted by atomic mass is 10.1. The van der Waals surface area contributed by atoms with Gasteiger partial charge in [0.05, 0.1) is 11.2 Å². The second-order valence-electron chi connectivity index (χ2n) is 4.86. The van der Waals surface area contributed by atoms with Crippen LogP contribution in [0.3, 0.4) is 0 Å². The molecule has 1 aliphatic rings. The maximum atomic E-state index is 5.92. The van der Waals surface area contributed by atoms with Crippen LogP contribution in [0.25, 0.3) is 10.9 Å². The number of ether oxygens (including phenoxy) is 1. The van der Waals surface area contributed by atoms with Gasteiger partial charge in [0.15, 0.2) is 0 Å². The van der Waals surface area contributed by atoms with Crippen LogP contribution in [0, 0.1) is 0 Å². The minimum Gasteiger partial charge on any atom is -0.472 e. The van der Waals surface area contributed by atoms with E-state index in [0.29, 0.717) is 17.5 Å². The fourth-order valence-corrected chi connectivity index (χ4v) is 2.58. The molecule has 4 heteroatoms. The van der Waals surface area contributed by atoms with E-state index in [-0.39, 0.29) is 0 Å². The van der Waals surface area contributed by atoms with E-state index < -0.39 is 0 Å². The zero-order valence-corrected chi connectivity index (χ0v) is 11.8. The van der Waals surface area contributed by atoms with Crippen LogP contribution in [0.1, 0.15) is 11.1 Å². The first-order valence-electron chi connectivity index (χ1n) is 6.65. The van der Waals surface area contributed by atoms with Crippen LogP contribution in [0.15, 0.2) is 59.7 Å². The van der Waals surface area contributed by atoms with E-state index >= 15 is 0 Å². The maximum Gasteiger partial charge on any atom is 0.221 e. The Kier molecular flexibility index (Phi) is 2.86. The van der Waals surface area contributed by atoms with Crippen LogP contribution >= 0.6 is 11.6 Å². The largest absolute Gasteiger partial charge is 0.472 e. The molecule has 1 aliphatic heterocycles. The molecule has 0 atom stereocenters. The predicted molar refractivity (Wildman–Crippen MR) is 84.2 cm³/mol. The molecule has 102 valence electrons. The molecule has 0 amide bonds. The highest BCUT2D eigenvalue weighted by Crippen LogP contribution is 2.33. The Bertz CT molecular complexity index is 856. The zero-order valence-electron chi connectivity index (χ0n) is 11.1. The van der Waals surface area contributed by atoms with E-state index in [0.717, 1.165) is 27.7 Å². The fourth-order valence-electron chi connectivity index (χ4n) is 2.45. The Morgan fingerprint density at radius 3 is 2.71 bits per heavy atom. The first-order valence-corrected chi connectivity index (χ1v) is 7.03. The lowest BCUT2D eigenvalue weighted by molar-refractivity contribution is 0.289. The molecule has 0 saturated heterocycles. The average Bonchev–Trinajstić information content (AvgIpc) is 2.55. The molecular weight excluding hydrogens is 284 g/mol. The molecule has 1 aromatic heterocycles. The second kappa shape index (κ2) is 4.86. The van der Waals surface area contributed by atoms with Crippen LogP contribution in [-0.4, -0.2) is 10.9 Å². The van der Waals surface area contributed by atoms with Crippen molar-refractivity contribution in [2.24, 2.45) is 4.99 Å². The quantitative estimate of drug-likeness (QED) is 0.662. The zero-order chi connectivity index (χ0) is 14.2. The second-order valence-corrected chi connectivity index (χ2v) is 5.29. The number of halogens is 1. The molecule has 0 N–H and O–H groups in total. The number of pyridine rings is 1. The van der Waals surface area contributed by atoms with Crippen LogP contribution in [0.4, 0.5) is 5.69 Å². The molecule has 0 spiro atoms. The molecule has 21 heavy (non-hydrogen) atoms. The van der Waals surface area contributed by atoms with Crippen molar-refractivity contribution in [3.05, 3.63) is 70.9 Å². The third kappa shape index (κ3) is 2.16. The molecular formula is C17H11ClN2O. The van der Waals surface area contributed by atoms with E-state index in [2.05, 4.69) is 9.98 Å². The third-order valence-corrected chi connectivity index (χ3v) is 3.76. The monoisotopic (exact) mass is 294 g/mol. The van der Waals surface area contributed by atoms with Crippen molar-refractivity contribution in [1.29, 1.82) is 0 Å². The fraction of sp³-hybridized carbons (Fsp3) is 0.0588. The maximum absolute atomic E-state index is 5.92. The highest BCUT2D eigenvalue weighted by molar-refractivity contribution is 6.30. The molecule has 2 heterocycles. The van der Waals surface area contributed by atoms with Gasteiger partial charge in [0.25, 0.3) is 0 Å². The summed E-state index contributed by atoms with van der Waals surface area (Å²) in [7, 11) is 0. The van der Waals surface area contributed by atoms with Crippen LogP contribution in [-0.2, 0) is 11.3 Å². The standard InChI is InChI=1S/C17H11ClN2O/c18-13-6-3-11(4-7-13)17-20-16-12(10-21-17)5-8-15-14(16)2-1-9-19-15/h1-9H,10H2. The lowest BCUT2D eigenvalue weighted by Gasteiger charge is -2.18. The van der Waals surface area contributed by atoms with Gasteiger partial charge >= 0.3 is 0 Å². The van der Waals surface area contributed by atoms with E-state index in [1.807, 2.05) is 48.5 Å². The first kappa shape index (κ1) is 12.4. The van der Waals surface area contributed by atoms with Crippen LogP contribution < -0.4 is 0 Å². The molecule has 4 rings (SSSR count). The number of aromatic nitrogens is 1. The van der Waals surface area contributed by atoms with E-state index in [4.69, 9.17) is 16.3 Å². The number of hydrogen-bond donors (Lipinski definition) is 0. The SMILES string of the molecule is Clc1ccc(C2=Nc3c(ccc4ncccc34)CO2)cc1. The number of rotatable bonds is 1. The Morgan fingerprint density at radius 2 is 1.86 bits per heavy atom. The normalized spacial score (nSPS) is 13.5. The van der Waals surface area contributed by atoms with Gasteiger partial charge in [-0.2, -0.15) is 0 Å². The van der Waals surface area contributed by atoms with Gasteiger partial charge < -0.3 is 4.74 Å². The molecule has 0 unspecified atom stereocenters. The van der Waals surface area contributed by atoms with Gasteiger partial charge in [-0.1, -0.05) is 17.7 Å². The Balaban J connectivity index is 1.89. The minimum absolute atomic E-state index is 0.516. The number of benzene rings is 2. The third-order valence-electron chi connectivity index (χ3n) is 3.51. The van der Waals surface area contributed by atoms with Crippen LogP contribution in [0.5, 0.6) is 0 Å². The number of aliphatic imine (C=N–C) groups is 1. The molecule has 0 bridgehead atoms. The van der Waals surface area contributed by atoms with E-state index in [9.17, 15) is 0 Å². The van der Waals surface area contributed by atoms with Crippen molar-refractivity contribution in [1.82, 2.24) is 4.98 Å². The predicted octanol–water partition coefficient (Wildman–Crippen LogP) is 4.50. The summed E-state index contributed by atoms with van der Waals surface area (Å²) in [6.45, 7) is 0.516. The molecule has 2 aromatic carbocycles.